The molecule has 0 saturated heterocycles. The molecule has 3 rings (SSSR count). The third-order valence-electron chi connectivity index (χ3n) is 4.03. The Hall–Kier alpha value is -2.42. The van der Waals surface area contributed by atoms with E-state index in [1.54, 1.807) is 15.6 Å². The molecule has 2 aromatic rings. The van der Waals surface area contributed by atoms with E-state index in [-0.39, 0.29) is 35.6 Å². The van der Waals surface area contributed by atoms with E-state index >= 15 is 0 Å². The number of para-hydroxylation sites is 2. The van der Waals surface area contributed by atoms with E-state index < -0.39 is 0 Å². The zero-order valence-electron chi connectivity index (χ0n) is 15.3. The minimum absolute atomic E-state index is 0.0880. The minimum atomic E-state index is -0.270. The number of hydrogen-bond donors (Lipinski definition) is 1. The Balaban J connectivity index is 1.81. The first-order valence-electron chi connectivity index (χ1n) is 8.40. The standard InChI is InChI=1S/C17H22N6O2S/c1-11-9-14(24)18-12-7-5-6-8-13(12)22(11)15(25)10-26-16-19-20-21-23(16)17(2,3)4/h5-8,11H,9-10H2,1-4H3,(H,18,24). The zero-order chi connectivity index (χ0) is 18.9. The molecular formula is C17H22N6O2S. The van der Waals surface area contributed by atoms with E-state index in [2.05, 4.69) is 20.8 Å². The van der Waals surface area contributed by atoms with Crippen LogP contribution in [0.1, 0.15) is 34.1 Å². The van der Waals surface area contributed by atoms with Gasteiger partial charge in [0.1, 0.15) is 0 Å². The van der Waals surface area contributed by atoms with Gasteiger partial charge in [-0.15, -0.1) is 5.10 Å². The molecule has 8 nitrogen and oxygen atoms in total. The lowest BCUT2D eigenvalue weighted by atomic mass is 10.1. The summed E-state index contributed by atoms with van der Waals surface area (Å²) in [6.45, 7) is 7.88. The van der Waals surface area contributed by atoms with E-state index in [1.165, 1.54) is 11.8 Å². The Morgan fingerprint density at radius 3 is 2.81 bits per heavy atom. The van der Waals surface area contributed by atoms with Gasteiger partial charge in [0, 0.05) is 12.5 Å². The molecule has 0 saturated carbocycles. The van der Waals surface area contributed by atoms with Crippen LogP contribution in [0.3, 0.4) is 0 Å². The van der Waals surface area contributed by atoms with Crippen molar-refractivity contribution >= 4 is 35.0 Å². The highest BCUT2D eigenvalue weighted by Crippen LogP contribution is 2.32. The molecule has 1 aliphatic rings. The number of rotatable bonds is 3. The van der Waals surface area contributed by atoms with Gasteiger partial charge in [-0.2, -0.15) is 0 Å². The Bertz CT molecular complexity index is 829. The van der Waals surface area contributed by atoms with Gasteiger partial charge in [0.2, 0.25) is 17.0 Å². The number of nitrogens with one attached hydrogen (secondary N) is 1. The van der Waals surface area contributed by atoms with Crippen molar-refractivity contribution in [2.24, 2.45) is 0 Å². The van der Waals surface area contributed by atoms with Crippen LogP contribution in [0.2, 0.25) is 0 Å². The molecule has 0 radical (unpaired) electrons. The van der Waals surface area contributed by atoms with Crippen LogP contribution in [0.4, 0.5) is 11.4 Å². The normalized spacial score (nSPS) is 17.5. The predicted octanol–water partition coefficient (Wildman–Crippen LogP) is 2.28. The molecule has 2 amide bonds. The first kappa shape index (κ1) is 18.4. The van der Waals surface area contributed by atoms with Crippen molar-refractivity contribution in [3.05, 3.63) is 24.3 Å². The number of aromatic nitrogens is 4. The molecule has 138 valence electrons. The number of carbonyl (C=O) groups is 2. The number of fused-ring (bicyclic) bond motifs is 1. The molecule has 1 atom stereocenters. The Kier molecular flexibility index (Phi) is 4.99. The average molecular weight is 374 g/mol. The largest absolute Gasteiger partial charge is 0.324 e. The van der Waals surface area contributed by atoms with Gasteiger partial charge in [0.05, 0.1) is 22.7 Å². The molecular weight excluding hydrogens is 352 g/mol. The lowest BCUT2D eigenvalue weighted by Crippen LogP contribution is -2.40. The second kappa shape index (κ2) is 7.06. The summed E-state index contributed by atoms with van der Waals surface area (Å²) in [5.41, 5.74) is 1.10. The molecule has 1 N–H and O–H groups in total. The Morgan fingerprint density at radius 2 is 2.08 bits per heavy atom. The fourth-order valence-corrected chi connectivity index (χ4v) is 3.77. The Labute approximate surface area is 156 Å². The highest BCUT2D eigenvalue weighted by Gasteiger charge is 2.30. The third kappa shape index (κ3) is 3.72. The number of thioether (sulfide) groups is 1. The van der Waals surface area contributed by atoms with Crippen LogP contribution < -0.4 is 10.2 Å². The predicted molar refractivity (Wildman–Crippen MR) is 100 cm³/mol. The number of carbonyl (C=O) groups excluding carboxylic acids is 2. The highest BCUT2D eigenvalue weighted by atomic mass is 32.2. The second-order valence-electron chi connectivity index (χ2n) is 7.21. The van der Waals surface area contributed by atoms with Crippen LogP contribution in [0.15, 0.2) is 29.4 Å². The summed E-state index contributed by atoms with van der Waals surface area (Å²) < 4.78 is 1.70. The van der Waals surface area contributed by atoms with Gasteiger partial charge in [-0.1, -0.05) is 23.9 Å². The van der Waals surface area contributed by atoms with E-state index in [0.29, 0.717) is 16.5 Å². The van der Waals surface area contributed by atoms with Gasteiger partial charge >= 0.3 is 0 Å². The molecule has 0 fully saturated rings. The number of nitrogens with zero attached hydrogens (tertiary/aromatic N) is 5. The van der Waals surface area contributed by atoms with Crippen molar-refractivity contribution < 1.29 is 9.59 Å². The molecule has 0 aliphatic carbocycles. The summed E-state index contributed by atoms with van der Waals surface area (Å²) in [6.07, 6.45) is 0.255. The molecule has 1 aromatic carbocycles. The zero-order valence-corrected chi connectivity index (χ0v) is 16.1. The molecule has 0 bridgehead atoms. The summed E-state index contributed by atoms with van der Waals surface area (Å²) in [4.78, 5) is 26.7. The van der Waals surface area contributed by atoms with Gasteiger partial charge in [0.15, 0.2) is 0 Å². The minimum Gasteiger partial charge on any atom is -0.324 e. The maximum atomic E-state index is 13.0. The molecule has 0 spiro atoms. The quantitative estimate of drug-likeness (QED) is 0.829. The summed E-state index contributed by atoms with van der Waals surface area (Å²) in [6, 6.07) is 7.11. The number of anilines is 2. The van der Waals surface area contributed by atoms with Gasteiger partial charge in [-0.3, -0.25) is 9.59 Å². The number of tetrazole rings is 1. The maximum absolute atomic E-state index is 13.0. The average Bonchev–Trinajstić information content (AvgIpc) is 2.98. The lowest BCUT2D eigenvalue weighted by molar-refractivity contribution is -0.117. The molecule has 1 aromatic heterocycles. The monoisotopic (exact) mass is 374 g/mol. The maximum Gasteiger partial charge on any atom is 0.237 e. The topological polar surface area (TPSA) is 93.0 Å². The number of hydrogen-bond acceptors (Lipinski definition) is 6. The van der Waals surface area contributed by atoms with Crippen molar-refractivity contribution in [1.29, 1.82) is 0 Å². The van der Waals surface area contributed by atoms with Crippen molar-refractivity contribution in [2.45, 2.75) is 50.9 Å². The van der Waals surface area contributed by atoms with Gasteiger partial charge in [0.25, 0.3) is 0 Å². The van der Waals surface area contributed by atoms with Gasteiger partial charge in [-0.05, 0) is 50.3 Å². The molecule has 9 heteroatoms. The highest BCUT2D eigenvalue weighted by molar-refractivity contribution is 7.99. The smallest absolute Gasteiger partial charge is 0.237 e. The van der Waals surface area contributed by atoms with Crippen LogP contribution in [0.5, 0.6) is 0 Å². The van der Waals surface area contributed by atoms with Crippen LogP contribution in [-0.2, 0) is 15.1 Å². The Morgan fingerprint density at radius 1 is 1.35 bits per heavy atom. The first-order chi connectivity index (χ1) is 12.3. The van der Waals surface area contributed by atoms with Crippen LogP contribution in [0, 0.1) is 0 Å². The number of benzene rings is 1. The second-order valence-corrected chi connectivity index (χ2v) is 8.16. The van der Waals surface area contributed by atoms with E-state index in [9.17, 15) is 9.59 Å². The van der Waals surface area contributed by atoms with E-state index in [4.69, 9.17) is 0 Å². The van der Waals surface area contributed by atoms with E-state index in [0.717, 1.165) is 0 Å². The van der Waals surface area contributed by atoms with Crippen molar-refractivity contribution in [2.75, 3.05) is 16.0 Å². The van der Waals surface area contributed by atoms with Crippen molar-refractivity contribution in [1.82, 2.24) is 20.2 Å². The summed E-state index contributed by atoms with van der Waals surface area (Å²) in [5, 5.41) is 15.2. The van der Waals surface area contributed by atoms with Gasteiger partial charge in [-0.25, -0.2) is 4.68 Å². The van der Waals surface area contributed by atoms with Crippen molar-refractivity contribution in [3.8, 4) is 0 Å². The fourth-order valence-electron chi connectivity index (χ4n) is 2.85. The lowest BCUT2D eigenvalue weighted by Gasteiger charge is -2.27. The summed E-state index contributed by atoms with van der Waals surface area (Å²) in [7, 11) is 0. The SMILES string of the molecule is CC1CC(=O)Nc2ccccc2N1C(=O)CSc1nnnn1C(C)(C)C. The first-order valence-corrected chi connectivity index (χ1v) is 9.38. The van der Waals surface area contributed by atoms with Gasteiger partial charge < -0.3 is 10.2 Å². The van der Waals surface area contributed by atoms with Crippen LogP contribution in [-0.4, -0.2) is 43.8 Å². The molecule has 1 unspecified atom stereocenters. The molecule has 1 aliphatic heterocycles. The third-order valence-corrected chi connectivity index (χ3v) is 4.93. The summed E-state index contributed by atoms with van der Waals surface area (Å²) in [5.74, 6) is 0.00282. The molecule has 2 heterocycles. The van der Waals surface area contributed by atoms with E-state index in [1.807, 2.05) is 45.9 Å². The summed E-state index contributed by atoms with van der Waals surface area (Å²) >= 11 is 1.30. The fraction of sp³-hybridized carbons (Fsp3) is 0.471. The van der Waals surface area contributed by atoms with Crippen LogP contribution >= 0.6 is 11.8 Å². The number of amides is 2. The molecule has 26 heavy (non-hydrogen) atoms. The van der Waals surface area contributed by atoms with Crippen molar-refractivity contribution in [3.63, 3.8) is 0 Å². The van der Waals surface area contributed by atoms with Crippen LogP contribution in [0.25, 0.3) is 0 Å².